The molecule has 0 radical (unpaired) electrons. The Morgan fingerprint density at radius 3 is 2.58 bits per heavy atom. The van der Waals surface area contributed by atoms with Crippen LogP contribution >= 0.6 is 11.6 Å². The number of carbonyl (C=O) groups excluding carboxylic acids is 3. The van der Waals surface area contributed by atoms with Gasteiger partial charge in [0, 0.05) is 34.1 Å². The number of anilines is 2. The van der Waals surface area contributed by atoms with Crippen molar-refractivity contribution in [3.63, 3.8) is 0 Å². The molecule has 4 aliphatic heterocycles. The van der Waals surface area contributed by atoms with Gasteiger partial charge in [-0.25, -0.2) is 0 Å². The summed E-state index contributed by atoms with van der Waals surface area (Å²) in [6.45, 7) is 2.45. The van der Waals surface area contributed by atoms with Crippen LogP contribution < -0.4 is 20.1 Å². The Morgan fingerprint density at radius 2 is 1.80 bits per heavy atom. The van der Waals surface area contributed by atoms with Gasteiger partial charge in [0.25, 0.3) is 5.91 Å². The highest BCUT2D eigenvalue weighted by molar-refractivity contribution is 6.31. The normalized spacial score (nSPS) is 27.9. The van der Waals surface area contributed by atoms with Gasteiger partial charge in [0.2, 0.25) is 5.91 Å². The summed E-state index contributed by atoms with van der Waals surface area (Å²) in [5.41, 5.74) is 0.643. The van der Waals surface area contributed by atoms with Gasteiger partial charge in [-0.3, -0.25) is 19.3 Å². The molecular formula is C31H28ClN3O5. The predicted octanol–water partition coefficient (Wildman–Crippen LogP) is 4.68. The number of aryl methyl sites for hydroxylation is 1. The molecule has 4 heterocycles. The zero-order valence-corrected chi connectivity index (χ0v) is 23.1. The van der Waals surface area contributed by atoms with Crippen LogP contribution in [0.1, 0.15) is 39.9 Å². The number of halogens is 1. The zero-order valence-electron chi connectivity index (χ0n) is 22.3. The third-order valence-electron chi connectivity index (χ3n) is 9.32. The SMILES string of the molecule is COc1ccc(C(=O)[C@@H]2[C@@H]3CCCN3[C@]3(C(=O)Nc4c(C)cc(Cl)cc43)[C@@]23C(=O)Nc2ccccc23)c(OC)c1. The van der Waals surface area contributed by atoms with E-state index in [0.29, 0.717) is 57.6 Å². The van der Waals surface area contributed by atoms with Crippen molar-refractivity contribution in [2.75, 3.05) is 31.4 Å². The van der Waals surface area contributed by atoms with Crippen LogP contribution in [0.5, 0.6) is 11.5 Å². The van der Waals surface area contributed by atoms with E-state index in [0.717, 1.165) is 12.0 Å². The van der Waals surface area contributed by atoms with E-state index in [1.165, 1.54) is 7.11 Å². The molecule has 7 rings (SSSR count). The maximum absolute atomic E-state index is 14.9. The van der Waals surface area contributed by atoms with Gasteiger partial charge in [-0.15, -0.1) is 0 Å². The Labute approximate surface area is 236 Å². The van der Waals surface area contributed by atoms with E-state index in [-0.39, 0.29) is 23.6 Å². The molecule has 2 saturated heterocycles. The molecule has 3 aromatic rings. The highest BCUT2D eigenvalue weighted by atomic mass is 35.5. The van der Waals surface area contributed by atoms with Crippen molar-refractivity contribution in [3.05, 3.63) is 81.9 Å². The first kappa shape index (κ1) is 25.1. The fourth-order valence-corrected chi connectivity index (χ4v) is 8.25. The third-order valence-corrected chi connectivity index (χ3v) is 9.54. The number of benzene rings is 3. The quantitative estimate of drug-likeness (QED) is 0.452. The summed E-state index contributed by atoms with van der Waals surface area (Å²) in [5.74, 6) is -0.909. The number of nitrogens with one attached hydrogen (secondary N) is 2. The summed E-state index contributed by atoms with van der Waals surface area (Å²) in [6.07, 6.45) is 1.45. The molecule has 2 N–H and O–H groups in total. The van der Waals surface area contributed by atoms with Crippen molar-refractivity contribution in [2.24, 2.45) is 5.92 Å². The second kappa shape index (κ2) is 8.56. The molecule has 2 fully saturated rings. The highest BCUT2D eigenvalue weighted by Crippen LogP contribution is 2.68. The Hall–Kier alpha value is -3.88. The second-order valence-electron chi connectivity index (χ2n) is 10.9. The van der Waals surface area contributed by atoms with Crippen molar-refractivity contribution >= 4 is 40.6 Å². The summed E-state index contributed by atoms with van der Waals surface area (Å²) >= 11 is 6.62. The average molecular weight is 558 g/mol. The molecule has 4 atom stereocenters. The summed E-state index contributed by atoms with van der Waals surface area (Å²) in [6, 6.07) is 15.7. The first-order chi connectivity index (χ1) is 19.3. The third kappa shape index (κ3) is 2.82. The van der Waals surface area contributed by atoms with E-state index in [2.05, 4.69) is 15.5 Å². The summed E-state index contributed by atoms with van der Waals surface area (Å²) in [4.78, 5) is 46.2. The minimum atomic E-state index is -1.55. The molecule has 204 valence electrons. The number of ketones is 1. The van der Waals surface area contributed by atoms with Crippen LogP contribution in [0.3, 0.4) is 0 Å². The van der Waals surface area contributed by atoms with Crippen molar-refractivity contribution < 1.29 is 23.9 Å². The number of ether oxygens (including phenoxy) is 2. The van der Waals surface area contributed by atoms with Gasteiger partial charge in [-0.1, -0.05) is 29.8 Å². The van der Waals surface area contributed by atoms with Crippen LogP contribution in [0.25, 0.3) is 0 Å². The number of Topliss-reactive ketones (excluding diaryl/α,β-unsaturated/α-hetero) is 1. The highest BCUT2D eigenvalue weighted by Gasteiger charge is 2.81. The first-order valence-corrected chi connectivity index (χ1v) is 13.7. The Morgan fingerprint density at radius 1 is 1.00 bits per heavy atom. The maximum atomic E-state index is 14.9. The Kier molecular flexibility index (Phi) is 5.37. The van der Waals surface area contributed by atoms with Crippen LogP contribution in [0.2, 0.25) is 5.02 Å². The molecule has 0 bridgehead atoms. The van der Waals surface area contributed by atoms with Crippen molar-refractivity contribution in [3.8, 4) is 11.5 Å². The molecule has 2 amide bonds. The van der Waals surface area contributed by atoms with Gasteiger partial charge >= 0.3 is 0 Å². The Balaban J connectivity index is 1.58. The lowest BCUT2D eigenvalue weighted by atomic mass is 9.57. The number of nitrogens with zero attached hydrogens (tertiary/aromatic N) is 1. The molecule has 8 nitrogen and oxygen atoms in total. The molecule has 0 saturated carbocycles. The zero-order chi connectivity index (χ0) is 28.0. The van der Waals surface area contributed by atoms with Crippen molar-refractivity contribution in [1.82, 2.24) is 4.90 Å². The fourth-order valence-electron chi connectivity index (χ4n) is 7.98. The number of rotatable bonds is 4. The first-order valence-electron chi connectivity index (χ1n) is 13.4. The molecule has 2 spiro atoms. The van der Waals surface area contributed by atoms with Crippen LogP contribution in [-0.4, -0.2) is 49.3 Å². The van der Waals surface area contributed by atoms with E-state index in [1.807, 2.05) is 31.2 Å². The topological polar surface area (TPSA) is 97.0 Å². The van der Waals surface area contributed by atoms with E-state index >= 15 is 0 Å². The number of hydrogen-bond acceptors (Lipinski definition) is 6. The van der Waals surface area contributed by atoms with Gasteiger partial charge in [0.15, 0.2) is 5.78 Å². The van der Waals surface area contributed by atoms with Gasteiger partial charge in [0.1, 0.15) is 22.5 Å². The molecule has 4 aliphatic rings. The van der Waals surface area contributed by atoms with Crippen LogP contribution in [0, 0.1) is 12.8 Å². The lowest BCUT2D eigenvalue weighted by Gasteiger charge is -2.43. The number of methoxy groups -OCH3 is 2. The predicted molar refractivity (Wildman–Crippen MR) is 150 cm³/mol. The minimum absolute atomic E-state index is 0.250. The molecule has 0 aliphatic carbocycles. The Bertz CT molecular complexity index is 1640. The van der Waals surface area contributed by atoms with Crippen LogP contribution in [0.4, 0.5) is 11.4 Å². The standard InChI is InChI=1S/C31H28ClN3O5/c1-16-13-17(32)14-21-26(16)34-29(38)31(21)30(20-7-4-5-8-22(20)33-28(30)37)25(23-9-6-12-35(23)31)27(36)19-11-10-18(39-2)15-24(19)40-3/h4-5,7-8,10-11,13-15,23,25H,6,9,12H2,1-3H3,(H,33,37)(H,34,38)/t23-,25-,30+,31+/m0/s1. The number of fused-ring (bicyclic) bond motifs is 7. The van der Waals surface area contributed by atoms with Crippen molar-refractivity contribution in [1.29, 1.82) is 0 Å². The van der Waals surface area contributed by atoms with Crippen LogP contribution in [0.15, 0.2) is 54.6 Å². The van der Waals surface area contributed by atoms with E-state index < -0.39 is 16.9 Å². The number of hydrogen-bond donors (Lipinski definition) is 2. The van der Waals surface area contributed by atoms with Gasteiger partial charge in [-0.05, 0) is 67.8 Å². The summed E-state index contributed by atoms with van der Waals surface area (Å²) in [7, 11) is 3.05. The smallest absolute Gasteiger partial charge is 0.251 e. The second-order valence-corrected chi connectivity index (χ2v) is 11.4. The monoisotopic (exact) mass is 557 g/mol. The molecule has 9 heteroatoms. The maximum Gasteiger partial charge on any atom is 0.251 e. The van der Waals surface area contributed by atoms with Gasteiger partial charge in [0.05, 0.1) is 25.7 Å². The summed E-state index contributed by atoms with van der Waals surface area (Å²) < 4.78 is 11.0. The van der Waals surface area contributed by atoms with E-state index in [4.69, 9.17) is 21.1 Å². The van der Waals surface area contributed by atoms with Crippen molar-refractivity contribution in [2.45, 2.75) is 36.8 Å². The lowest BCUT2D eigenvalue weighted by molar-refractivity contribution is -0.137. The number of carbonyl (C=O) groups is 3. The van der Waals surface area contributed by atoms with Gasteiger partial charge in [-0.2, -0.15) is 0 Å². The van der Waals surface area contributed by atoms with E-state index in [1.54, 1.807) is 37.4 Å². The van der Waals surface area contributed by atoms with Crippen LogP contribution in [-0.2, 0) is 20.5 Å². The largest absolute Gasteiger partial charge is 0.497 e. The van der Waals surface area contributed by atoms with E-state index in [9.17, 15) is 14.4 Å². The minimum Gasteiger partial charge on any atom is -0.497 e. The molecule has 0 aromatic heterocycles. The average Bonchev–Trinajstić information content (AvgIpc) is 3.67. The molecular weight excluding hydrogens is 530 g/mol. The number of amides is 2. The molecule has 0 unspecified atom stereocenters. The summed E-state index contributed by atoms with van der Waals surface area (Å²) in [5, 5.41) is 6.63. The lowest BCUT2D eigenvalue weighted by Crippen LogP contribution is -2.62. The molecule has 40 heavy (non-hydrogen) atoms. The fraction of sp³-hybridized carbons (Fsp3) is 0.323. The number of para-hydroxylation sites is 1. The molecule has 3 aromatic carbocycles. The van der Waals surface area contributed by atoms with Gasteiger partial charge < -0.3 is 20.1 Å².